The van der Waals surface area contributed by atoms with Crippen LogP contribution in [0.2, 0.25) is 0 Å². The third kappa shape index (κ3) is 3.58. The lowest BCUT2D eigenvalue weighted by atomic mass is 10.1. The minimum absolute atomic E-state index is 0.0910. The lowest BCUT2D eigenvalue weighted by Crippen LogP contribution is -2.20. The molecule has 0 aliphatic rings. The number of hydrogen-bond donors (Lipinski definition) is 1. The van der Waals surface area contributed by atoms with E-state index in [1.807, 2.05) is 30.5 Å². The van der Waals surface area contributed by atoms with E-state index in [9.17, 15) is 8.78 Å². The maximum atomic E-state index is 13.6. The topological polar surface area (TPSA) is 12.0 Å². The number of thioether (sulfide) groups is 1. The van der Waals surface area contributed by atoms with Crippen LogP contribution >= 0.6 is 11.8 Å². The van der Waals surface area contributed by atoms with Crippen molar-refractivity contribution in [1.82, 2.24) is 5.32 Å². The Labute approximate surface area is 122 Å². The normalized spacial score (nSPS) is 12.4. The van der Waals surface area contributed by atoms with Crippen LogP contribution in [0.5, 0.6) is 0 Å². The van der Waals surface area contributed by atoms with E-state index in [0.717, 1.165) is 5.56 Å². The molecule has 0 saturated heterocycles. The van der Waals surface area contributed by atoms with E-state index in [-0.39, 0.29) is 11.6 Å². The van der Waals surface area contributed by atoms with Crippen LogP contribution in [0, 0.1) is 11.6 Å². The lowest BCUT2D eigenvalue weighted by molar-refractivity contribution is 0.487. The molecule has 0 bridgehead atoms. The summed E-state index contributed by atoms with van der Waals surface area (Å²) in [4.78, 5) is 1.20. The zero-order valence-electron chi connectivity index (χ0n) is 11.5. The molecule has 0 aliphatic heterocycles. The summed E-state index contributed by atoms with van der Waals surface area (Å²) in [6.07, 6.45) is 2.02. The highest BCUT2D eigenvalue weighted by atomic mass is 32.2. The Kier molecular flexibility index (Phi) is 5.15. The SMILES string of the molecule is CSc1ccc(CNC(C)c2c(F)cccc2F)cc1. The van der Waals surface area contributed by atoms with Crippen LogP contribution in [-0.4, -0.2) is 6.26 Å². The Balaban J connectivity index is 2.02. The molecule has 1 unspecified atom stereocenters. The van der Waals surface area contributed by atoms with Crippen molar-refractivity contribution in [3.05, 3.63) is 65.2 Å². The molecule has 1 nitrogen and oxygen atoms in total. The minimum Gasteiger partial charge on any atom is -0.306 e. The number of benzene rings is 2. The van der Waals surface area contributed by atoms with Gasteiger partial charge in [0.2, 0.25) is 0 Å². The summed E-state index contributed by atoms with van der Waals surface area (Å²) in [5, 5.41) is 3.15. The molecule has 0 radical (unpaired) electrons. The zero-order valence-corrected chi connectivity index (χ0v) is 12.3. The van der Waals surface area contributed by atoms with Crippen LogP contribution in [0.1, 0.15) is 24.1 Å². The first-order valence-electron chi connectivity index (χ1n) is 6.42. The standard InChI is InChI=1S/C16H17F2NS/c1-11(16-14(17)4-3-5-15(16)18)19-10-12-6-8-13(20-2)9-7-12/h3-9,11,19H,10H2,1-2H3. The highest BCUT2D eigenvalue weighted by Crippen LogP contribution is 2.21. The molecule has 4 heteroatoms. The van der Waals surface area contributed by atoms with Crippen LogP contribution in [0.25, 0.3) is 0 Å². The van der Waals surface area contributed by atoms with Gasteiger partial charge in [0.05, 0.1) is 0 Å². The number of halogens is 2. The van der Waals surface area contributed by atoms with Gasteiger partial charge in [0.1, 0.15) is 11.6 Å². The number of hydrogen-bond acceptors (Lipinski definition) is 2. The summed E-state index contributed by atoms with van der Waals surface area (Å²) >= 11 is 1.68. The van der Waals surface area contributed by atoms with E-state index in [2.05, 4.69) is 5.32 Å². The lowest BCUT2D eigenvalue weighted by Gasteiger charge is -2.16. The van der Waals surface area contributed by atoms with E-state index in [4.69, 9.17) is 0 Å². The first kappa shape index (κ1) is 15.0. The van der Waals surface area contributed by atoms with Gasteiger partial charge in [-0.2, -0.15) is 0 Å². The molecular weight excluding hydrogens is 276 g/mol. The van der Waals surface area contributed by atoms with Crippen LogP contribution in [-0.2, 0) is 6.54 Å². The second-order valence-electron chi connectivity index (χ2n) is 4.59. The van der Waals surface area contributed by atoms with Crippen LogP contribution in [0.4, 0.5) is 8.78 Å². The Hall–Kier alpha value is -1.39. The predicted molar refractivity (Wildman–Crippen MR) is 79.8 cm³/mol. The van der Waals surface area contributed by atoms with E-state index < -0.39 is 11.6 Å². The van der Waals surface area contributed by atoms with Gasteiger partial charge in [-0.05, 0) is 43.0 Å². The Bertz CT molecular complexity index is 549. The summed E-state index contributed by atoms with van der Waals surface area (Å²) in [7, 11) is 0. The number of rotatable bonds is 5. The van der Waals surface area contributed by atoms with Crippen molar-refractivity contribution in [2.24, 2.45) is 0 Å². The minimum atomic E-state index is -0.511. The van der Waals surface area contributed by atoms with Gasteiger partial charge < -0.3 is 5.32 Å². The Morgan fingerprint density at radius 2 is 1.65 bits per heavy atom. The Morgan fingerprint density at radius 3 is 2.20 bits per heavy atom. The molecule has 2 rings (SSSR count). The predicted octanol–water partition coefficient (Wildman–Crippen LogP) is 4.54. The Morgan fingerprint density at radius 1 is 1.05 bits per heavy atom. The molecule has 2 aromatic carbocycles. The summed E-state index contributed by atoms with van der Waals surface area (Å²) in [5.74, 6) is -1.02. The van der Waals surface area contributed by atoms with Gasteiger partial charge in [0.15, 0.2) is 0 Å². The molecule has 0 aromatic heterocycles. The fraction of sp³-hybridized carbons (Fsp3) is 0.250. The van der Waals surface area contributed by atoms with Gasteiger partial charge in [0.25, 0.3) is 0 Å². The summed E-state index contributed by atoms with van der Waals surface area (Å²) in [6.45, 7) is 2.33. The van der Waals surface area contributed by atoms with Crippen LogP contribution in [0.3, 0.4) is 0 Å². The molecule has 0 amide bonds. The quantitative estimate of drug-likeness (QED) is 0.812. The van der Waals surface area contributed by atoms with Crippen molar-refractivity contribution < 1.29 is 8.78 Å². The molecule has 1 atom stereocenters. The molecule has 106 valence electrons. The van der Waals surface area contributed by atoms with Crippen molar-refractivity contribution in [2.45, 2.75) is 24.4 Å². The average Bonchev–Trinajstić information content (AvgIpc) is 2.45. The third-order valence-corrected chi connectivity index (χ3v) is 3.95. The molecule has 20 heavy (non-hydrogen) atoms. The van der Waals surface area contributed by atoms with Crippen molar-refractivity contribution in [2.75, 3.05) is 6.26 Å². The molecule has 1 N–H and O–H groups in total. The molecule has 2 aromatic rings. The maximum absolute atomic E-state index is 13.6. The van der Waals surface area contributed by atoms with Crippen molar-refractivity contribution >= 4 is 11.8 Å². The fourth-order valence-corrected chi connectivity index (χ4v) is 2.45. The van der Waals surface area contributed by atoms with Gasteiger partial charge in [-0.25, -0.2) is 8.78 Å². The summed E-state index contributed by atoms with van der Waals surface area (Å²) in [6, 6.07) is 11.7. The maximum Gasteiger partial charge on any atom is 0.130 e. The highest BCUT2D eigenvalue weighted by Gasteiger charge is 2.15. The first-order valence-corrected chi connectivity index (χ1v) is 7.64. The molecular formula is C16H17F2NS. The molecule has 0 aliphatic carbocycles. The van der Waals surface area contributed by atoms with Gasteiger partial charge >= 0.3 is 0 Å². The van der Waals surface area contributed by atoms with Gasteiger partial charge in [0, 0.05) is 23.0 Å². The van der Waals surface area contributed by atoms with Crippen molar-refractivity contribution in [3.63, 3.8) is 0 Å². The van der Waals surface area contributed by atoms with E-state index in [1.165, 1.54) is 23.1 Å². The second-order valence-corrected chi connectivity index (χ2v) is 5.47. The molecule has 0 saturated carbocycles. The van der Waals surface area contributed by atoms with Gasteiger partial charge in [-0.15, -0.1) is 11.8 Å². The van der Waals surface area contributed by atoms with Gasteiger partial charge in [-0.3, -0.25) is 0 Å². The van der Waals surface area contributed by atoms with E-state index >= 15 is 0 Å². The van der Waals surface area contributed by atoms with E-state index in [0.29, 0.717) is 6.54 Å². The van der Waals surface area contributed by atoms with Gasteiger partial charge in [-0.1, -0.05) is 18.2 Å². The zero-order chi connectivity index (χ0) is 14.5. The van der Waals surface area contributed by atoms with Crippen molar-refractivity contribution in [1.29, 1.82) is 0 Å². The first-order chi connectivity index (χ1) is 9.61. The molecule has 0 fully saturated rings. The molecule has 0 heterocycles. The van der Waals surface area contributed by atoms with Crippen LogP contribution < -0.4 is 5.32 Å². The highest BCUT2D eigenvalue weighted by molar-refractivity contribution is 7.98. The second kappa shape index (κ2) is 6.86. The number of nitrogens with one attached hydrogen (secondary N) is 1. The average molecular weight is 293 g/mol. The monoisotopic (exact) mass is 293 g/mol. The smallest absolute Gasteiger partial charge is 0.130 e. The van der Waals surface area contributed by atoms with Crippen LogP contribution in [0.15, 0.2) is 47.4 Å². The largest absolute Gasteiger partial charge is 0.306 e. The third-order valence-electron chi connectivity index (χ3n) is 3.20. The summed E-state index contributed by atoms with van der Waals surface area (Å²) in [5.41, 5.74) is 1.18. The van der Waals surface area contributed by atoms with E-state index in [1.54, 1.807) is 18.7 Å². The fourth-order valence-electron chi connectivity index (χ4n) is 2.04. The molecule has 0 spiro atoms. The van der Waals surface area contributed by atoms with Crippen molar-refractivity contribution in [3.8, 4) is 0 Å². The summed E-state index contributed by atoms with van der Waals surface area (Å²) < 4.78 is 27.3.